The van der Waals surface area contributed by atoms with Crippen molar-refractivity contribution < 1.29 is 23.9 Å². The molecule has 3 aromatic rings. The lowest BCUT2D eigenvalue weighted by Crippen LogP contribution is -2.38. The minimum absolute atomic E-state index is 0.128. The number of benzene rings is 2. The summed E-state index contributed by atoms with van der Waals surface area (Å²) in [6.45, 7) is 0. The van der Waals surface area contributed by atoms with Crippen LogP contribution in [0.1, 0.15) is 10.4 Å². The largest absolute Gasteiger partial charge is 0.439 e. The standard InChI is InChI=1S/C21H13N3O5/c25-18(14-6-2-1-3-7-14)24-20(27)19(26)23(21(24)28)15-9-11-16(12-10-15)29-17-8-4-5-13-22-17/h1-13H. The summed E-state index contributed by atoms with van der Waals surface area (Å²) in [5, 5.41) is 0. The number of aromatic nitrogens is 1. The molecule has 1 fully saturated rings. The number of nitrogens with zero attached hydrogens (tertiary/aromatic N) is 3. The van der Waals surface area contributed by atoms with Gasteiger partial charge in [-0.05, 0) is 42.5 Å². The molecule has 0 spiro atoms. The van der Waals surface area contributed by atoms with Crippen LogP contribution in [-0.2, 0) is 9.59 Å². The first-order chi connectivity index (χ1) is 14.1. The van der Waals surface area contributed by atoms with Gasteiger partial charge in [-0.25, -0.2) is 14.7 Å². The van der Waals surface area contributed by atoms with Gasteiger partial charge in [0.2, 0.25) is 5.88 Å². The summed E-state index contributed by atoms with van der Waals surface area (Å²) in [6, 6.07) is 17.9. The smallest absolute Gasteiger partial charge is 0.346 e. The van der Waals surface area contributed by atoms with Gasteiger partial charge in [0, 0.05) is 17.8 Å². The van der Waals surface area contributed by atoms with E-state index in [1.54, 1.807) is 42.6 Å². The van der Waals surface area contributed by atoms with Gasteiger partial charge in [0.15, 0.2) is 0 Å². The molecule has 0 unspecified atom stereocenters. The molecule has 1 aliphatic rings. The number of pyridine rings is 1. The quantitative estimate of drug-likeness (QED) is 0.388. The second-order valence-electron chi connectivity index (χ2n) is 6.00. The summed E-state index contributed by atoms with van der Waals surface area (Å²) in [6.07, 6.45) is 1.58. The van der Waals surface area contributed by atoms with Crippen LogP contribution in [0.4, 0.5) is 10.5 Å². The first kappa shape index (κ1) is 18.1. The topological polar surface area (TPSA) is 96.9 Å². The molecule has 0 N–H and O–H groups in total. The molecular formula is C21H13N3O5. The zero-order chi connectivity index (χ0) is 20.4. The van der Waals surface area contributed by atoms with E-state index in [9.17, 15) is 19.2 Å². The molecule has 1 saturated heterocycles. The van der Waals surface area contributed by atoms with Gasteiger partial charge < -0.3 is 4.74 Å². The Morgan fingerprint density at radius 1 is 0.793 bits per heavy atom. The van der Waals surface area contributed by atoms with Crippen LogP contribution in [0, 0.1) is 0 Å². The highest BCUT2D eigenvalue weighted by atomic mass is 16.5. The molecule has 8 heteroatoms. The summed E-state index contributed by atoms with van der Waals surface area (Å²) in [4.78, 5) is 54.9. The van der Waals surface area contributed by atoms with Crippen molar-refractivity contribution in [2.75, 3.05) is 4.90 Å². The molecule has 1 aromatic heterocycles. The molecule has 142 valence electrons. The number of ether oxygens (including phenoxy) is 1. The van der Waals surface area contributed by atoms with Crippen molar-refractivity contribution in [3.8, 4) is 11.6 Å². The van der Waals surface area contributed by atoms with Gasteiger partial charge in [-0.3, -0.25) is 14.4 Å². The zero-order valence-corrected chi connectivity index (χ0v) is 14.9. The summed E-state index contributed by atoms with van der Waals surface area (Å²) in [5.74, 6) is -2.35. The number of carbonyl (C=O) groups excluding carboxylic acids is 4. The molecule has 4 rings (SSSR count). The number of carbonyl (C=O) groups is 4. The summed E-state index contributed by atoms with van der Waals surface area (Å²) in [5.41, 5.74) is 0.271. The third kappa shape index (κ3) is 3.34. The molecule has 0 bridgehead atoms. The predicted octanol–water partition coefficient (Wildman–Crippen LogP) is 3.01. The fraction of sp³-hybridized carbons (Fsp3) is 0. The van der Waals surface area contributed by atoms with Gasteiger partial charge in [-0.15, -0.1) is 0 Å². The van der Waals surface area contributed by atoms with E-state index in [-0.39, 0.29) is 11.3 Å². The van der Waals surface area contributed by atoms with Crippen LogP contribution in [0.3, 0.4) is 0 Å². The van der Waals surface area contributed by atoms with E-state index >= 15 is 0 Å². The molecule has 8 nitrogen and oxygen atoms in total. The molecule has 29 heavy (non-hydrogen) atoms. The van der Waals surface area contributed by atoms with E-state index < -0.39 is 23.8 Å². The van der Waals surface area contributed by atoms with Crippen LogP contribution in [-0.4, -0.2) is 33.6 Å². The van der Waals surface area contributed by atoms with E-state index in [1.165, 1.54) is 36.4 Å². The van der Waals surface area contributed by atoms with Crippen molar-refractivity contribution >= 4 is 29.4 Å². The monoisotopic (exact) mass is 387 g/mol. The Morgan fingerprint density at radius 3 is 2.14 bits per heavy atom. The summed E-state index contributed by atoms with van der Waals surface area (Å²) in [7, 11) is 0. The molecule has 0 saturated carbocycles. The van der Waals surface area contributed by atoms with Crippen molar-refractivity contribution in [2.45, 2.75) is 0 Å². The molecule has 0 atom stereocenters. The summed E-state index contributed by atoms with van der Waals surface area (Å²) >= 11 is 0. The third-order valence-corrected chi connectivity index (χ3v) is 4.15. The fourth-order valence-electron chi connectivity index (χ4n) is 2.77. The lowest BCUT2D eigenvalue weighted by Gasteiger charge is -2.15. The number of rotatable bonds is 4. The molecule has 1 aliphatic heterocycles. The van der Waals surface area contributed by atoms with Crippen molar-refractivity contribution in [2.24, 2.45) is 0 Å². The van der Waals surface area contributed by atoms with Crippen molar-refractivity contribution in [1.82, 2.24) is 9.88 Å². The Morgan fingerprint density at radius 2 is 1.48 bits per heavy atom. The molecular weight excluding hydrogens is 374 g/mol. The average Bonchev–Trinajstić information content (AvgIpc) is 2.98. The van der Waals surface area contributed by atoms with Crippen LogP contribution in [0.5, 0.6) is 11.6 Å². The lowest BCUT2D eigenvalue weighted by molar-refractivity contribution is -0.138. The van der Waals surface area contributed by atoms with Crippen LogP contribution < -0.4 is 9.64 Å². The van der Waals surface area contributed by atoms with Crippen molar-refractivity contribution in [3.63, 3.8) is 0 Å². The highest BCUT2D eigenvalue weighted by molar-refractivity contribution is 6.56. The second kappa shape index (κ2) is 7.35. The average molecular weight is 387 g/mol. The Labute approximate surface area is 164 Å². The Kier molecular flexibility index (Phi) is 4.58. The number of urea groups is 1. The fourth-order valence-corrected chi connectivity index (χ4v) is 2.77. The van der Waals surface area contributed by atoms with Crippen molar-refractivity contribution in [1.29, 1.82) is 0 Å². The predicted molar refractivity (Wildman–Crippen MR) is 101 cm³/mol. The number of amides is 5. The number of imide groups is 4. The third-order valence-electron chi connectivity index (χ3n) is 4.15. The highest BCUT2D eigenvalue weighted by Crippen LogP contribution is 2.27. The van der Waals surface area contributed by atoms with Gasteiger partial charge in [0.1, 0.15) is 5.75 Å². The SMILES string of the molecule is O=C1C(=O)N(c2ccc(Oc3ccccn3)cc2)C(=O)N1C(=O)c1ccccc1. The second-order valence-corrected chi connectivity index (χ2v) is 6.00. The number of hydrogen-bond acceptors (Lipinski definition) is 6. The molecule has 0 aliphatic carbocycles. The first-order valence-corrected chi connectivity index (χ1v) is 8.57. The minimum atomic E-state index is -1.20. The first-order valence-electron chi connectivity index (χ1n) is 8.57. The Bertz CT molecular complexity index is 1100. The lowest BCUT2D eigenvalue weighted by atomic mass is 10.2. The van der Waals surface area contributed by atoms with E-state index in [0.717, 1.165) is 0 Å². The van der Waals surface area contributed by atoms with E-state index in [4.69, 9.17) is 4.74 Å². The Hall–Kier alpha value is -4.33. The molecule has 2 aromatic carbocycles. The van der Waals surface area contributed by atoms with E-state index in [1.807, 2.05) is 0 Å². The molecule has 2 heterocycles. The molecule has 5 amide bonds. The highest BCUT2D eigenvalue weighted by Gasteiger charge is 2.49. The number of hydrogen-bond donors (Lipinski definition) is 0. The Balaban J connectivity index is 1.57. The van der Waals surface area contributed by atoms with Gasteiger partial charge in [-0.1, -0.05) is 24.3 Å². The van der Waals surface area contributed by atoms with Crippen molar-refractivity contribution in [3.05, 3.63) is 84.6 Å². The van der Waals surface area contributed by atoms with Gasteiger partial charge in [0.25, 0.3) is 5.91 Å². The van der Waals surface area contributed by atoms with E-state index in [0.29, 0.717) is 21.4 Å². The maximum Gasteiger partial charge on any atom is 0.346 e. The van der Waals surface area contributed by atoms with Gasteiger partial charge in [0.05, 0.1) is 5.69 Å². The van der Waals surface area contributed by atoms with Crippen LogP contribution >= 0.6 is 0 Å². The zero-order valence-electron chi connectivity index (χ0n) is 14.9. The normalized spacial score (nSPS) is 13.7. The van der Waals surface area contributed by atoms with Crippen LogP contribution in [0.15, 0.2) is 79.0 Å². The van der Waals surface area contributed by atoms with Gasteiger partial charge >= 0.3 is 17.8 Å². The number of anilines is 1. The van der Waals surface area contributed by atoms with Gasteiger partial charge in [-0.2, -0.15) is 4.90 Å². The van der Waals surface area contributed by atoms with Crippen LogP contribution in [0.2, 0.25) is 0 Å². The maximum atomic E-state index is 12.7. The summed E-state index contributed by atoms with van der Waals surface area (Å²) < 4.78 is 5.56. The van der Waals surface area contributed by atoms with E-state index in [2.05, 4.69) is 4.98 Å². The minimum Gasteiger partial charge on any atom is -0.439 e. The maximum absolute atomic E-state index is 12.7. The van der Waals surface area contributed by atoms with Crippen LogP contribution in [0.25, 0.3) is 0 Å². The molecule has 0 radical (unpaired) electrons.